The van der Waals surface area contributed by atoms with Gasteiger partial charge in [0.1, 0.15) is 5.75 Å². The zero-order chi connectivity index (χ0) is 14.5. The number of carbonyl (C=O) groups is 1. The molecule has 0 spiro atoms. The number of unbranched alkanes of at least 4 members (excludes halogenated alkanes) is 2. The first-order valence-electron chi connectivity index (χ1n) is 6.98. The highest BCUT2D eigenvalue weighted by molar-refractivity contribution is 6.40. The first-order valence-corrected chi connectivity index (χ1v) is 6.98. The molecule has 1 aliphatic heterocycles. The molecular formula is C14H20BNO4. The van der Waals surface area contributed by atoms with Crippen LogP contribution in [0.25, 0.3) is 0 Å². The average Bonchev–Trinajstić information content (AvgIpc) is 2.40. The number of benzene rings is 1. The Hall–Kier alpha value is -1.53. The Morgan fingerprint density at radius 3 is 2.85 bits per heavy atom. The van der Waals surface area contributed by atoms with E-state index in [9.17, 15) is 4.79 Å². The van der Waals surface area contributed by atoms with Crippen molar-refractivity contribution in [2.75, 3.05) is 18.1 Å². The van der Waals surface area contributed by atoms with Crippen LogP contribution in [0.1, 0.15) is 24.8 Å². The summed E-state index contributed by atoms with van der Waals surface area (Å²) in [5.74, 6) is 0.728. The average molecular weight is 277 g/mol. The van der Waals surface area contributed by atoms with E-state index in [1.165, 1.54) is 0 Å². The summed E-state index contributed by atoms with van der Waals surface area (Å²) in [5.41, 5.74) is 1.93. The summed E-state index contributed by atoms with van der Waals surface area (Å²) in [6.45, 7) is 2.71. The lowest BCUT2D eigenvalue weighted by molar-refractivity contribution is -0.121. The first-order chi connectivity index (χ1) is 9.58. The molecule has 0 radical (unpaired) electrons. The van der Waals surface area contributed by atoms with E-state index in [2.05, 4.69) is 0 Å². The molecule has 0 saturated carbocycles. The van der Waals surface area contributed by atoms with E-state index in [-0.39, 0.29) is 12.5 Å². The number of amides is 1. The number of hydrogen-bond donors (Lipinski definition) is 2. The van der Waals surface area contributed by atoms with Crippen molar-refractivity contribution in [3.8, 4) is 5.75 Å². The minimum absolute atomic E-state index is 0.0229. The third-order valence-corrected chi connectivity index (χ3v) is 3.40. The first kappa shape index (κ1) is 14.9. The third kappa shape index (κ3) is 3.74. The van der Waals surface area contributed by atoms with Gasteiger partial charge in [-0.25, -0.2) is 0 Å². The summed E-state index contributed by atoms with van der Waals surface area (Å²) in [6, 6.07) is 5.82. The van der Waals surface area contributed by atoms with Crippen molar-refractivity contribution in [2.24, 2.45) is 0 Å². The van der Waals surface area contributed by atoms with E-state index < -0.39 is 7.12 Å². The van der Waals surface area contributed by atoms with Crippen LogP contribution in [-0.2, 0) is 4.79 Å². The molecule has 5 nitrogen and oxygen atoms in total. The Morgan fingerprint density at radius 1 is 1.30 bits per heavy atom. The fraction of sp³-hybridized carbons (Fsp3) is 0.500. The molecule has 1 amide bonds. The number of aryl methyl sites for hydroxylation is 1. The van der Waals surface area contributed by atoms with Gasteiger partial charge < -0.3 is 19.7 Å². The van der Waals surface area contributed by atoms with Gasteiger partial charge in [-0.15, -0.1) is 0 Å². The van der Waals surface area contributed by atoms with Gasteiger partial charge in [-0.1, -0.05) is 18.9 Å². The highest BCUT2D eigenvalue weighted by Gasteiger charge is 2.24. The molecule has 0 unspecified atom stereocenters. The van der Waals surface area contributed by atoms with Gasteiger partial charge >= 0.3 is 7.12 Å². The van der Waals surface area contributed by atoms with Gasteiger partial charge in [0.25, 0.3) is 5.91 Å². The second kappa shape index (κ2) is 6.77. The summed E-state index contributed by atoms with van der Waals surface area (Å²) in [6.07, 6.45) is 2.83. The zero-order valence-corrected chi connectivity index (χ0v) is 11.7. The second-order valence-electron chi connectivity index (χ2n) is 5.14. The fourth-order valence-corrected chi connectivity index (χ4v) is 2.33. The van der Waals surface area contributed by atoms with Crippen LogP contribution >= 0.6 is 0 Å². The zero-order valence-electron chi connectivity index (χ0n) is 11.7. The molecule has 6 heteroatoms. The van der Waals surface area contributed by atoms with Crippen LogP contribution in [0, 0.1) is 6.92 Å². The van der Waals surface area contributed by atoms with Crippen LogP contribution in [-0.4, -0.2) is 36.2 Å². The van der Waals surface area contributed by atoms with Gasteiger partial charge in [-0.05, 0) is 37.4 Å². The van der Waals surface area contributed by atoms with Crippen LogP contribution in [0.15, 0.2) is 18.2 Å². The van der Waals surface area contributed by atoms with Crippen LogP contribution < -0.4 is 9.64 Å². The van der Waals surface area contributed by atoms with Crippen molar-refractivity contribution >= 4 is 18.7 Å². The lowest BCUT2D eigenvalue weighted by Crippen LogP contribution is -2.39. The van der Waals surface area contributed by atoms with Crippen molar-refractivity contribution in [1.29, 1.82) is 0 Å². The number of ether oxygens (including phenoxy) is 1. The molecule has 0 aromatic heterocycles. The Bertz CT molecular complexity index is 478. The van der Waals surface area contributed by atoms with E-state index in [4.69, 9.17) is 14.8 Å². The van der Waals surface area contributed by atoms with Gasteiger partial charge in [0.15, 0.2) is 6.61 Å². The summed E-state index contributed by atoms with van der Waals surface area (Å²) in [5, 5.41) is 17.6. The molecule has 2 N–H and O–H groups in total. The van der Waals surface area contributed by atoms with Crippen molar-refractivity contribution in [2.45, 2.75) is 32.5 Å². The number of nitrogens with zero attached hydrogens (tertiary/aromatic N) is 1. The number of rotatable bonds is 6. The maximum atomic E-state index is 12.0. The summed E-state index contributed by atoms with van der Waals surface area (Å²) < 4.78 is 5.42. The van der Waals surface area contributed by atoms with E-state index >= 15 is 0 Å². The fourth-order valence-electron chi connectivity index (χ4n) is 2.33. The minimum Gasteiger partial charge on any atom is -0.482 e. The van der Waals surface area contributed by atoms with Gasteiger partial charge in [-0.3, -0.25) is 4.79 Å². The molecule has 1 heterocycles. The van der Waals surface area contributed by atoms with Gasteiger partial charge in [-0.2, -0.15) is 0 Å². The van der Waals surface area contributed by atoms with E-state index in [1.54, 1.807) is 4.90 Å². The number of anilines is 1. The molecule has 0 fully saturated rings. The Kier molecular flexibility index (Phi) is 5.03. The topological polar surface area (TPSA) is 70.0 Å². The maximum Gasteiger partial charge on any atom is 0.451 e. The molecule has 1 aromatic carbocycles. The molecular weight excluding hydrogens is 257 g/mol. The molecule has 0 aliphatic carbocycles. The van der Waals surface area contributed by atoms with Crippen molar-refractivity contribution in [1.82, 2.24) is 0 Å². The van der Waals surface area contributed by atoms with Crippen LogP contribution in [0.2, 0.25) is 6.32 Å². The largest absolute Gasteiger partial charge is 0.482 e. The summed E-state index contributed by atoms with van der Waals surface area (Å²) in [4.78, 5) is 13.7. The van der Waals surface area contributed by atoms with E-state index in [0.717, 1.165) is 36.3 Å². The Balaban J connectivity index is 1.94. The lowest BCUT2D eigenvalue weighted by Gasteiger charge is -2.29. The van der Waals surface area contributed by atoms with Gasteiger partial charge in [0.05, 0.1) is 5.69 Å². The molecule has 20 heavy (non-hydrogen) atoms. The van der Waals surface area contributed by atoms with Gasteiger partial charge in [0, 0.05) is 6.54 Å². The predicted octanol–water partition coefficient (Wildman–Crippen LogP) is 1.36. The quantitative estimate of drug-likeness (QED) is 0.608. The van der Waals surface area contributed by atoms with Crippen LogP contribution in [0.5, 0.6) is 5.75 Å². The van der Waals surface area contributed by atoms with Crippen molar-refractivity contribution in [3.05, 3.63) is 23.8 Å². The van der Waals surface area contributed by atoms with Crippen LogP contribution in [0.3, 0.4) is 0 Å². The lowest BCUT2D eigenvalue weighted by atomic mass is 9.83. The van der Waals surface area contributed by atoms with Gasteiger partial charge in [0.2, 0.25) is 0 Å². The molecule has 108 valence electrons. The SMILES string of the molecule is Cc1ccc2c(c1)N(CCCCCB(O)O)C(=O)CO2. The van der Waals surface area contributed by atoms with Crippen molar-refractivity contribution < 1.29 is 19.6 Å². The summed E-state index contributed by atoms with van der Waals surface area (Å²) in [7, 11) is -1.23. The maximum absolute atomic E-state index is 12.0. The molecule has 0 saturated heterocycles. The molecule has 0 atom stereocenters. The normalized spacial score (nSPS) is 13.9. The van der Waals surface area contributed by atoms with E-state index in [0.29, 0.717) is 12.9 Å². The number of carbonyl (C=O) groups excluding carboxylic acids is 1. The number of hydrogen-bond acceptors (Lipinski definition) is 4. The molecule has 0 bridgehead atoms. The monoisotopic (exact) mass is 277 g/mol. The third-order valence-electron chi connectivity index (χ3n) is 3.40. The van der Waals surface area contributed by atoms with E-state index in [1.807, 2.05) is 25.1 Å². The smallest absolute Gasteiger partial charge is 0.451 e. The number of fused-ring (bicyclic) bond motifs is 1. The second-order valence-corrected chi connectivity index (χ2v) is 5.14. The van der Waals surface area contributed by atoms with Crippen molar-refractivity contribution in [3.63, 3.8) is 0 Å². The predicted molar refractivity (Wildman–Crippen MR) is 77.9 cm³/mol. The highest BCUT2D eigenvalue weighted by Crippen LogP contribution is 2.33. The van der Waals surface area contributed by atoms with Crippen LogP contribution in [0.4, 0.5) is 5.69 Å². The molecule has 1 aliphatic rings. The standard InChI is InChI=1S/C14H20BNO4/c1-11-5-6-13-12(9-11)16(14(17)10-20-13)8-4-2-3-7-15(18)19/h5-6,9,18-19H,2-4,7-8,10H2,1H3. The molecule has 1 aromatic rings. The highest BCUT2D eigenvalue weighted by atomic mass is 16.5. The molecule has 2 rings (SSSR count). The Morgan fingerprint density at radius 2 is 2.10 bits per heavy atom. The summed E-state index contributed by atoms with van der Waals surface area (Å²) >= 11 is 0. The minimum atomic E-state index is -1.23. The Labute approximate surface area is 119 Å².